The van der Waals surface area contributed by atoms with E-state index in [9.17, 15) is 9.50 Å². The molecule has 1 N–H and O–H groups in total. The number of piperidine rings is 1. The highest BCUT2D eigenvalue weighted by Crippen LogP contribution is 2.39. The van der Waals surface area contributed by atoms with Crippen molar-refractivity contribution in [1.82, 2.24) is 4.90 Å². The highest BCUT2D eigenvalue weighted by molar-refractivity contribution is 5.26. The topological polar surface area (TPSA) is 54.3 Å². The number of benzene rings is 2. The summed E-state index contributed by atoms with van der Waals surface area (Å²) in [7, 11) is 0. The zero-order chi connectivity index (χ0) is 26.7. The summed E-state index contributed by atoms with van der Waals surface area (Å²) in [5.41, 5.74) is -0.0698. The summed E-state index contributed by atoms with van der Waals surface area (Å²) in [4.78, 5) is 7.90. The van der Waals surface area contributed by atoms with Gasteiger partial charge in [0.05, 0.1) is 12.1 Å². The minimum absolute atomic E-state index is 0.00238. The molecule has 2 aromatic rings. The Balaban J connectivity index is 1.76. The van der Waals surface area contributed by atoms with E-state index in [1.807, 2.05) is 36.4 Å². The Morgan fingerprint density at radius 3 is 2.54 bits per heavy atom. The van der Waals surface area contributed by atoms with E-state index < -0.39 is 5.60 Å². The van der Waals surface area contributed by atoms with Crippen LogP contribution >= 0.6 is 0 Å². The second kappa shape index (κ2) is 14.3. The van der Waals surface area contributed by atoms with Crippen molar-refractivity contribution in [2.45, 2.75) is 71.0 Å². The number of nitrogens with zero attached hydrogens (tertiary/aromatic N) is 2. The third kappa shape index (κ3) is 7.89. The van der Waals surface area contributed by atoms with Crippen LogP contribution in [-0.4, -0.2) is 42.5 Å². The van der Waals surface area contributed by atoms with Crippen LogP contribution in [0, 0.1) is 17.7 Å². The molecule has 37 heavy (non-hydrogen) atoms. The van der Waals surface area contributed by atoms with Gasteiger partial charge in [-0.15, -0.1) is 0 Å². The summed E-state index contributed by atoms with van der Waals surface area (Å²) in [5.74, 6) is 1.64. The number of hydrogen-bond acceptors (Lipinski definition) is 5. The van der Waals surface area contributed by atoms with Crippen LogP contribution in [0.4, 0.5) is 4.39 Å². The maximum atomic E-state index is 13.4. The zero-order valence-electron chi connectivity index (χ0n) is 22.6. The van der Waals surface area contributed by atoms with Gasteiger partial charge >= 0.3 is 0 Å². The van der Waals surface area contributed by atoms with Crippen LogP contribution in [0.2, 0.25) is 0 Å². The molecule has 6 heteroatoms. The lowest BCUT2D eigenvalue weighted by molar-refractivity contribution is -0.0284. The molecule has 4 unspecified atom stereocenters. The van der Waals surface area contributed by atoms with Crippen molar-refractivity contribution in [3.63, 3.8) is 0 Å². The lowest BCUT2D eigenvalue weighted by Crippen LogP contribution is -2.47. The smallest absolute Gasteiger partial charge is 0.145 e. The van der Waals surface area contributed by atoms with Crippen LogP contribution in [0.5, 0.6) is 5.75 Å². The monoisotopic (exact) mass is 510 g/mol. The maximum absolute atomic E-state index is 13.4. The largest absolute Gasteiger partial charge is 0.489 e. The Hall–Kier alpha value is -2.70. The van der Waals surface area contributed by atoms with E-state index in [0.717, 1.165) is 50.8 Å². The van der Waals surface area contributed by atoms with Crippen LogP contribution in [0.25, 0.3) is 0 Å². The molecule has 0 aliphatic carbocycles. The number of oxime groups is 1. The molecule has 202 valence electrons. The van der Waals surface area contributed by atoms with Crippen LogP contribution in [0.15, 0.2) is 71.6 Å². The molecule has 0 saturated carbocycles. The highest BCUT2D eigenvalue weighted by Gasteiger charge is 2.36. The van der Waals surface area contributed by atoms with Gasteiger partial charge in [-0.05, 0) is 73.5 Å². The van der Waals surface area contributed by atoms with E-state index in [4.69, 9.17) is 9.57 Å². The van der Waals surface area contributed by atoms with E-state index in [1.165, 1.54) is 12.1 Å². The molecular weight excluding hydrogens is 467 g/mol. The predicted octanol–water partition coefficient (Wildman–Crippen LogP) is 6.93. The molecule has 2 aromatic carbocycles. The van der Waals surface area contributed by atoms with Gasteiger partial charge in [-0.2, -0.15) is 0 Å². The molecule has 1 fully saturated rings. The molecule has 0 spiro atoms. The number of hydrogen-bond donors (Lipinski definition) is 1. The minimum atomic E-state index is -0.995. The summed E-state index contributed by atoms with van der Waals surface area (Å²) >= 11 is 0. The summed E-state index contributed by atoms with van der Waals surface area (Å²) in [5, 5.41) is 15.7. The Bertz CT molecular complexity index is 982. The first kappa shape index (κ1) is 28.9. The van der Waals surface area contributed by atoms with Crippen molar-refractivity contribution in [3.05, 3.63) is 77.8 Å². The summed E-state index contributed by atoms with van der Waals surface area (Å²) in [6, 6.07) is 16.2. The van der Waals surface area contributed by atoms with Crippen LogP contribution < -0.4 is 4.74 Å². The lowest BCUT2D eigenvalue weighted by atomic mass is 9.75. The van der Waals surface area contributed by atoms with Crippen molar-refractivity contribution >= 4 is 6.72 Å². The molecule has 0 amide bonds. The van der Waals surface area contributed by atoms with Gasteiger partial charge in [0, 0.05) is 19.7 Å². The molecule has 0 aromatic heterocycles. The first-order chi connectivity index (χ1) is 17.9. The molecule has 1 aliphatic rings. The second-order valence-corrected chi connectivity index (χ2v) is 10.1. The third-order valence-corrected chi connectivity index (χ3v) is 7.69. The number of likely N-dealkylation sites (tertiary alicyclic amines) is 1. The Kier molecular flexibility index (Phi) is 11.2. The zero-order valence-corrected chi connectivity index (χ0v) is 22.6. The van der Waals surface area contributed by atoms with Crippen LogP contribution in [-0.2, 0) is 10.4 Å². The maximum Gasteiger partial charge on any atom is 0.145 e. The van der Waals surface area contributed by atoms with Crippen molar-refractivity contribution in [2.24, 2.45) is 17.0 Å². The Labute approximate surface area is 222 Å². The molecule has 0 radical (unpaired) electrons. The van der Waals surface area contributed by atoms with Gasteiger partial charge in [-0.25, -0.2) is 4.39 Å². The molecule has 1 aliphatic heterocycles. The third-order valence-electron chi connectivity index (χ3n) is 7.69. The predicted molar refractivity (Wildman–Crippen MR) is 148 cm³/mol. The van der Waals surface area contributed by atoms with Crippen molar-refractivity contribution in [1.29, 1.82) is 0 Å². The summed E-state index contributed by atoms with van der Waals surface area (Å²) in [6.07, 6.45) is 7.26. The molecule has 5 nitrogen and oxygen atoms in total. The standard InChI is InChI=1S/C31H43FN2O3/c1-5-11-25(7-3)31(35,26-12-9-8-10-13-26)20-18-29(37-33-4)22-34-21-19-24(6-2)30(23-34)36-28-16-14-27(32)15-17-28/h8-10,12-18,24-25,30,35H,4-7,11,19-23H2,1-3H3/b29-18-. The Morgan fingerprint density at radius 2 is 1.92 bits per heavy atom. The normalized spacial score (nSPS) is 21.2. The van der Waals surface area contributed by atoms with Crippen LogP contribution in [0.1, 0.15) is 64.9 Å². The first-order valence-electron chi connectivity index (χ1n) is 13.7. The fourth-order valence-electron chi connectivity index (χ4n) is 5.54. The molecule has 0 bridgehead atoms. The Morgan fingerprint density at radius 1 is 1.19 bits per heavy atom. The van der Waals surface area contributed by atoms with Gasteiger partial charge in [-0.1, -0.05) is 69.1 Å². The van der Waals surface area contributed by atoms with Gasteiger partial charge < -0.3 is 14.7 Å². The quantitative estimate of drug-likeness (QED) is 0.170. The average Bonchev–Trinajstić information content (AvgIpc) is 2.92. The van der Waals surface area contributed by atoms with Gasteiger partial charge in [-0.3, -0.25) is 4.90 Å². The van der Waals surface area contributed by atoms with Gasteiger partial charge in [0.2, 0.25) is 0 Å². The van der Waals surface area contributed by atoms with Gasteiger partial charge in [0.15, 0.2) is 0 Å². The number of aliphatic hydroxyl groups is 1. The van der Waals surface area contributed by atoms with Crippen molar-refractivity contribution in [2.75, 3.05) is 19.6 Å². The van der Waals surface area contributed by atoms with Crippen molar-refractivity contribution in [3.8, 4) is 5.75 Å². The minimum Gasteiger partial charge on any atom is -0.489 e. The summed E-state index contributed by atoms with van der Waals surface area (Å²) in [6.45, 7) is 12.2. The van der Waals surface area contributed by atoms with E-state index in [-0.39, 0.29) is 17.8 Å². The van der Waals surface area contributed by atoms with E-state index in [1.54, 1.807) is 12.1 Å². The highest BCUT2D eigenvalue weighted by atomic mass is 19.1. The molecular formula is C31H43FN2O3. The first-order valence-corrected chi connectivity index (χ1v) is 13.7. The number of ether oxygens (including phenoxy) is 1. The van der Waals surface area contributed by atoms with E-state index >= 15 is 0 Å². The van der Waals surface area contributed by atoms with E-state index in [2.05, 4.69) is 37.5 Å². The second-order valence-electron chi connectivity index (χ2n) is 10.1. The molecule has 1 heterocycles. The SMILES string of the molecule is C=NO/C(=C\CC(O)(c1ccccc1)C(CC)CCC)CN1CCC(CC)C(Oc2ccc(F)cc2)C1. The molecule has 3 rings (SSSR count). The van der Waals surface area contributed by atoms with Crippen molar-refractivity contribution < 1.29 is 19.1 Å². The fourth-order valence-corrected chi connectivity index (χ4v) is 5.54. The lowest BCUT2D eigenvalue weighted by Gasteiger charge is -2.38. The number of rotatable bonds is 14. The average molecular weight is 511 g/mol. The van der Waals surface area contributed by atoms with Crippen LogP contribution in [0.3, 0.4) is 0 Å². The summed E-state index contributed by atoms with van der Waals surface area (Å²) < 4.78 is 19.6. The molecule has 1 saturated heterocycles. The fraction of sp³-hybridized carbons (Fsp3) is 0.516. The van der Waals surface area contributed by atoms with Gasteiger partial charge in [0.1, 0.15) is 23.4 Å². The van der Waals surface area contributed by atoms with Gasteiger partial charge in [0.25, 0.3) is 0 Å². The van der Waals surface area contributed by atoms with E-state index in [0.29, 0.717) is 30.4 Å². The molecule has 4 atom stereocenters. The number of halogens is 1.